The summed E-state index contributed by atoms with van der Waals surface area (Å²) in [6.07, 6.45) is 7.54. The second kappa shape index (κ2) is 10.9. The van der Waals surface area contributed by atoms with Gasteiger partial charge in [0.15, 0.2) is 0 Å². The summed E-state index contributed by atoms with van der Waals surface area (Å²) in [6, 6.07) is 9.37. The highest BCUT2D eigenvalue weighted by Gasteiger charge is 2.25. The number of nitrogens with two attached hydrogens (primary N) is 1. The Bertz CT molecular complexity index is 1120. The minimum Gasteiger partial charge on any atom is -0.381 e. The summed E-state index contributed by atoms with van der Waals surface area (Å²) >= 11 is 0. The van der Waals surface area contributed by atoms with Gasteiger partial charge in [-0.25, -0.2) is 9.97 Å². The third-order valence-corrected chi connectivity index (χ3v) is 6.63. The number of benzene rings is 1. The van der Waals surface area contributed by atoms with Crippen LogP contribution < -0.4 is 11.1 Å². The van der Waals surface area contributed by atoms with Crippen molar-refractivity contribution in [2.24, 2.45) is 11.7 Å². The molecule has 0 bridgehead atoms. The van der Waals surface area contributed by atoms with Gasteiger partial charge in [-0.05, 0) is 49.1 Å². The van der Waals surface area contributed by atoms with E-state index in [-0.39, 0.29) is 11.9 Å². The maximum atomic E-state index is 12.6. The fourth-order valence-electron chi connectivity index (χ4n) is 4.62. The smallest absolute Gasteiger partial charge is 0.254 e. The normalized spacial score (nSPS) is 17.8. The molecule has 2 aliphatic heterocycles. The molecule has 3 N–H and O–H groups in total. The largest absolute Gasteiger partial charge is 0.381 e. The first-order valence-electron chi connectivity index (χ1n) is 12.1. The van der Waals surface area contributed by atoms with Gasteiger partial charge in [0.25, 0.3) is 5.91 Å². The van der Waals surface area contributed by atoms with Crippen molar-refractivity contribution >= 4 is 17.5 Å². The number of nitrogens with zero attached hydrogens (tertiary/aromatic N) is 5. The van der Waals surface area contributed by atoms with Gasteiger partial charge in [-0.1, -0.05) is 0 Å². The van der Waals surface area contributed by atoms with Crippen molar-refractivity contribution in [2.45, 2.75) is 18.9 Å². The second-order valence-electron chi connectivity index (χ2n) is 8.83. The zero-order chi connectivity index (χ0) is 24.0. The Morgan fingerprint density at radius 1 is 1.09 bits per heavy atom. The van der Waals surface area contributed by atoms with Crippen LogP contribution in [0.1, 0.15) is 29.2 Å². The van der Waals surface area contributed by atoms with Gasteiger partial charge in [-0.15, -0.1) is 0 Å². The van der Waals surface area contributed by atoms with Crippen LogP contribution in [-0.4, -0.2) is 76.6 Å². The topological polar surface area (TPSA) is 120 Å². The Kier molecular flexibility index (Phi) is 7.31. The molecule has 2 fully saturated rings. The molecular weight excluding hydrogens is 446 g/mol. The van der Waals surface area contributed by atoms with Crippen LogP contribution >= 0.6 is 0 Å². The molecule has 2 aliphatic rings. The van der Waals surface area contributed by atoms with Crippen molar-refractivity contribution in [3.05, 3.63) is 54.5 Å². The lowest BCUT2D eigenvalue weighted by Gasteiger charge is -2.29. The molecule has 2 aromatic heterocycles. The SMILES string of the molecule is NCC(C1CCOCC1)n1cc(-c2ccnc(Nc3ccc(C(=O)N4CCOCC4)cc3)n2)cn1. The summed E-state index contributed by atoms with van der Waals surface area (Å²) in [4.78, 5) is 23.5. The summed E-state index contributed by atoms with van der Waals surface area (Å²) in [5.41, 5.74) is 9.24. The first kappa shape index (κ1) is 23.4. The molecule has 0 radical (unpaired) electrons. The van der Waals surface area contributed by atoms with Crippen molar-refractivity contribution in [1.29, 1.82) is 0 Å². The van der Waals surface area contributed by atoms with E-state index in [2.05, 4.69) is 20.4 Å². The van der Waals surface area contributed by atoms with Gasteiger partial charge in [-0.3, -0.25) is 9.48 Å². The van der Waals surface area contributed by atoms with E-state index in [1.807, 2.05) is 52.3 Å². The van der Waals surface area contributed by atoms with E-state index in [0.717, 1.165) is 43.0 Å². The summed E-state index contributed by atoms with van der Waals surface area (Å²) in [7, 11) is 0. The van der Waals surface area contributed by atoms with Crippen molar-refractivity contribution < 1.29 is 14.3 Å². The predicted octanol–water partition coefficient (Wildman–Crippen LogP) is 2.48. The van der Waals surface area contributed by atoms with E-state index >= 15 is 0 Å². The lowest BCUT2D eigenvalue weighted by atomic mass is 9.92. The molecule has 0 spiro atoms. The zero-order valence-electron chi connectivity index (χ0n) is 19.7. The molecule has 0 aliphatic carbocycles. The Morgan fingerprint density at radius 2 is 1.83 bits per heavy atom. The highest BCUT2D eigenvalue weighted by atomic mass is 16.5. The van der Waals surface area contributed by atoms with Crippen LogP contribution in [0.2, 0.25) is 0 Å². The highest BCUT2D eigenvalue weighted by Crippen LogP contribution is 2.28. The molecule has 3 aromatic rings. The molecule has 35 heavy (non-hydrogen) atoms. The molecule has 184 valence electrons. The van der Waals surface area contributed by atoms with Crippen LogP contribution in [0.3, 0.4) is 0 Å². The van der Waals surface area contributed by atoms with Crippen molar-refractivity contribution in [3.8, 4) is 11.3 Å². The highest BCUT2D eigenvalue weighted by molar-refractivity contribution is 5.94. The molecule has 5 rings (SSSR count). The first-order valence-corrected chi connectivity index (χ1v) is 12.1. The molecule has 1 unspecified atom stereocenters. The maximum Gasteiger partial charge on any atom is 0.254 e. The standard InChI is InChI=1S/C25H31N7O3/c26-15-23(18-6-11-34-12-7-18)32-17-20(16-28-32)22-5-8-27-25(30-22)29-21-3-1-19(2-4-21)24(33)31-9-13-35-14-10-31/h1-5,8,16-18,23H,6-7,9-15,26H2,(H,27,29,30). The average molecular weight is 478 g/mol. The van der Waals surface area contributed by atoms with Gasteiger partial charge < -0.3 is 25.4 Å². The van der Waals surface area contributed by atoms with E-state index in [1.54, 1.807) is 6.20 Å². The number of hydrogen-bond acceptors (Lipinski definition) is 8. The van der Waals surface area contributed by atoms with E-state index in [0.29, 0.717) is 50.3 Å². The van der Waals surface area contributed by atoms with E-state index in [4.69, 9.17) is 15.2 Å². The molecule has 2 saturated heterocycles. The van der Waals surface area contributed by atoms with Crippen LogP contribution in [0.5, 0.6) is 0 Å². The fourth-order valence-corrected chi connectivity index (χ4v) is 4.62. The van der Waals surface area contributed by atoms with Crippen LogP contribution in [-0.2, 0) is 9.47 Å². The number of ether oxygens (including phenoxy) is 2. The lowest BCUT2D eigenvalue weighted by Crippen LogP contribution is -2.40. The zero-order valence-corrected chi connectivity index (χ0v) is 19.7. The number of amides is 1. The lowest BCUT2D eigenvalue weighted by molar-refractivity contribution is 0.0303. The number of anilines is 2. The van der Waals surface area contributed by atoms with E-state index in [1.165, 1.54) is 0 Å². The summed E-state index contributed by atoms with van der Waals surface area (Å²) in [6.45, 7) is 4.50. The minimum atomic E-state index is 0.0200. The molecule has 1 atom stereocenters. The number of hydrogen-bond donors (Lipinski definition) is 2. The minimum absolute atomic E-state index is 0.0200. The molecule has 0 saturated carbocycles. The number of morpholine rings is 1. The van der Waals surface area contributed by atoms with Gasteiger partial charge in [0, 0.05) is 62.1 Å². The van der Waals surface area contributed by atoms with E-state index < -0.39 is 0 Å². The molecule has 10 nitrogen and oxygen atoms in total. The third kappa shape index (κ3) is 5.50. The van der Waals surface area contributed by atoms with Gasteiger partial charge >= 0.3 is 0 Å². The molecule has 1 aromatic carbocycles. The fraction of sp³-hybridized carbons (Fsp3) is 0.440. The van der Waals surface area contributed by atoms with Crippen LogP contribution in [0.4, 0.5) is 11.6 Å². The summed E-state index contributed by atoms with van der Waals surface area (Å²) < 4.78 is 12.8. The number of aromatic nitrogens is 4. The average Bonchev–Trinajstić information content (AvgIpc) is 3.40. The Morgan fingerprint density at radius 3 is 2.57 bits per heavy atom. The van der Waals surface area contributed by atoms with Gasteiger partial charge in [-0.2, -0.15) is 5.10 Å². The Hall–Kier alpha value is -3.34. The van der Waals surface area contributed by atoms with Crippen LogP contribution in [0.15, 0.2) is 48.9 Å². The van der Waals surface area contributed by atoms with Crippen molar-refractivity contribution in [3.63, 3.8) is 0 Å². The number of rotatable bonds is 7. The number of nitrogens with one attached hydrogen (secondary N) is 1. The van der Waals surface area contributed by atoms with Gasteiger partial charge in [0.1, 0.15) is 0 Å². The number of carbonyl (C=O) groups is 1. The number of carbonyl (C=O) groups excluding carboxylic acids is 1. The molecule has 10 heteroatoms. The maximum absolute atomic E-state index is 12.6. The van der Waals surface area contributed by atoms with Crippen LogP contribution in [0.25, 0.3) is 11.3 Å². The monoisotopic (exact) mass is 477 g/mol. The van der Waals surface area contributed by atoms with Crippen molar-refractivity contribution in [2.75, 3.05) is 51.4 Å². The van der Waals surface area contributed by atoms with Crippen LogP contribution in [0, 0.1) is 5.92 Å². The Labute approximate surface area is 204 Å². The summed E-state index contributed by atoms with van der Waals surface area (Å²) in [5, 5.41) is 7.81. The molecule has 1 amide bonds. The van der Waals surface area contributed by atoms with E-state index in [9.17, 15) is 4.79 Å². The first-order chi connectivity index (χ1) is 17.2. The van der Waals surface area contributed by atoms with Gasteiger partial charge in [0.05, 0.1) is 31.1 Å². The Balaban J connectivity index is 1.26. The summed E-state index contributed by atoms with van der Waals surface area (Å²) in [5.74, 6) is 0.955. The predicted molar refractivity (Wildman–Crippen MR) is 131 cm³/mol. The van der Waals surface area contributed by atoms with Gasteiger partial charge in [0.2, 0.25) is 5.95 Å². The molecule has 4 heterocycles. The molecular formula is C25H31N7O3. The second-order valence-corrected chi connectivity index (χ2v) is 8.83. The van der Waals surface area contributed by atoms with Crippen molar-refractivity contribution in [1.82, 2.24) is 24.6 Å². The quantitative estimate of drug-likeness (QED) is 0.533. The third-order valence-electron chi connectivity index (χ3n) is 6.63.